The second kappa shape index (κ2) is 7.51. The highest BCUT2D eigenvalue weighted by Gasteiger charge is 2.10. The van der Waals surface area contributed by atoms with Crippen molar-refractivity contribution in [2.45, 2.75) is 32.6 Å². The maximum atomic E-state index is 11.8. The Morgan fingerprint density at radius 3 is 2.88 bits per heavy atom. The molecule has 0 atom stereocenters. The van der Waals surface area contributed by atoms with Crippen LogP contribution in [-0.2, 0) is 11.2 Å². The third kappa shape index (κ3) is 4.32. The van der Waals surface area contributed by atoms with Crippen LogP contribution in [0.1, 0.15) is 42.1 Å². The van der Waals surface area contributed by atoms with E-state index < -0.39 is 0 Å². The SMILES string of the molecule is C#CCCCOC(=O)c1ccccc1CCC. The molecule has 0 N–H and O–H groups in total. The molecule has 0 radical (unpaired) electrons. The van der Waals surface area contributed by atoms with Crippen LogP contribution in [0.2, 0.25) is 0 Å². The van der Waals surface area contributed by atoms with Crippen molar-refractivity contribution in [3.8, 4) is 12.3 Å². The minimum absolute atomic E-state index is 0.244. The smallest absolute Gasteiger partial charge is 0.338 e. The quantitative estimate of drug-likeness (QED) is 0.426. The second-order valence-electron chi connectivity index (χ2n) is 3.85. The first-order valence-corrected chi connectivity index (χ1v) is 5.98. The number of aryl methyl sites for hydroxylation is 1. The molecule has 2 nitrogen and oxygen atoms in total. The van der Waals surface area contributed by atoms with Crippen LogP contribution < -0.4 is 0 Å². The van der Waals surface area contributed by atoms with E-state index in [9.17, 15) is 4.79 Å². The van der Waals surface area contributed by atoms with E-state index in [0.29, 0.717) is 18.6 Å². The van der Waals surface area contributed by atoms with E-state index in [1.165, 1.54) is 0 Å². The van der Waals surface area contributed by atoms with Gasteiger partial charge in [0.2, 0.25) is 0 Å². The second-order valence-corrected chi connectivity index (χ2v) is 3.85. The van der Waals surface area contributed by atoms with Crippen molar-refractivity contribution in [3.05, 3.63) is 35.4 Å². The molecule has 17 heavy (non-hydrogen) atoms. The summed E-state index contributed by atoms with van der Waals surface area (Å²) in [5.41, 5.74) is 1.73. The normalized spacial score (nSPS) is 9.65. The number of esters is 1. The van der Waals surface area contributed by atoms with Gasteiger partial charge in [-0.1, -0.05) is 31.5 Å². The van der Waals surface area contributed by atoms with Gasteiger partial charge in [-0.25, -0.2) is 4.79 Å². The van der Waals surface area contributed by atoms with Gasteiger partial charge in [-0.2, -0.15) is 0 Å². The zero-order chi connectivity index (χ0) is 12.5. The summed E-state index contributed by atoms with van der Waals surface area (Å²) in [7, 11) is 0. The molecule has 1 aromatic carbocycles. The van der Waals surface area contributed by atoms with E-state index in [0.717, 1.165) is 24.8 Å². The number of hydrogen-bond acceptors (Lipinski definition) is 2. The molecule has 0 fully saturated rings. The van der Waals surface area contributed by atoms with Crippen molar-refractivity contribution in [1.29, 1.82) is 0 Å². The molecule has 0 spiro atoms. The fourth-order valence-electron chi connectivity index (χ4n) is 1.62. The van der Waals surface area contributed by atoms with Crippen molar-refractivity contribution in [3.63, 3.8) is 0 Å². The number of hydrogen-bond donors (Lipinski definition) is 0. The Bertz CT molecular complexity index is 402. The summed E-state index contributed by atoms with van der Waals surface area (Å²) >= 11 is 0. The molecule has 90 valence electrons. The fraction of sp³-hybridized carbons (Fsp3) is 0.400. The van der Waals surface area contributed by atoms with Crippen molar-refractivity contribution < 1.29 is 9.53 Å². The van der Waals surface area contributed by atoms with E-state index in [1.54, 1.807) is 0 Å². The van der Waals surface area contributed by atoms with Crippen molar-refractivity contribution in [2.24, 2.45) is 0 Å². The van der Waals surface area contributed by atoms with E-state index >= 15 is 0 Å². The zero-order valence-electron chi connectivity index (χ0n) is 10.2. The van der Waals surface area contributed by atoms with E-state index in [4.69, 9.17) is 11.2 Å². The first-order chi connectivity index (χ1) is 8.29. The van der Waals surface area contributed by atoms with Gasteiger partial charge >= 0.3 is 5.97 Å². The Morgan fingerprint density at radius 1 is 1.41 bits per heavy atom. The number of rotatable bonds is 6. The highest BCUT2D eigenvalue weighted by atomic mass is 16.5. The topological polar surface area (TPSA) is 26.3 Å². The molecule has 0 bridgehead atoms. The average Bonchev–Trinajstić information content (AvgIpc) is 2.35. The number of benzene rings is 1. The largest absolute Gasteiger partial charge is 0.462 e. The van der Waals surface area contributed by atoms with Crippen LogP contribution in [0.5, 0.6) is 0 Å². The number of carbonyl (C=O) groups is 1. The Kier molecular flexibility index (Phi) is 5.88. The highest BCUT2D eigenvalue weighted by Crippen LogP contribution is 2.12. The van der Waals surface area contributed by atoms with Gasteiger partial charge in [-0.05, 0) is 24.5 Å². The number of terminal acetylenes is 1. The summed E-state index contributed by atoms with van der Waals surface area (Å²) in [6.07, 6.45) is 8.41. The predicted octanol–water partition coefficient (Wildman–Crippen LogP) is 3.21. The molecule has 0 aliphatic rings. The fourth-order valence-corrected chi connectivity index (χ4v) is 1.62. The van der Waals surface area contributed by atoms with Gasteiger partial charge in [0.25, 0.3) is 0 Å². The third-order valence-electron chi connectivity index (χ3n) is 2.46. The average molecular weight is 230 g/mol. The lowest BCUT2D eigenvalue weighted by molar-refractivity contribution is 0.0500. The Labute approximate surface area is 103 Å². The molecule has 1 rings (SSSR count). The van der Waals surface area contributed by atoms with Crippen molar-refractivity contribution in [1.82, 2.24) is 0 Å². The van der Waals surface area contributed by atoms with Crippen LogP contribution in [0.25, 0.3) is 0 Å². The van der Waals surface area contributed by atoms with Gasteiger partial charge in [0.15, 0.2) is 0 Å². The van der Waals surface area contributed by atoms with Gasteiger partial charge < -0.3 is 4.74 Å². The summed E-state index contributed by atoms with van der Waals surface area (Å²) in [4.78, 5) is 11.8. The minimum Gasteiger partial charge on any atom is -0.462 e. The zero-order valence-corrected chi connectivity index (χ0v) is 10.2. The maximum Gasteiger partial charge on any atom is 0.338 e. The maximum absolute atomic E-state index is 11.8. The predicted molar refractivity (Wildman–Crippen MR) is 68.8 cm³/mol. The summed E-state index contributed by atoms with van der Waals surface area (Å²) < 4.78 is 5.18. The third-order valence-corrected chi connectivity index (χ3v) is 2.46. The molecule has 1 aromatic rings. The molecule has 0 unspecified atom stereocenters. The van der Waals surface area contributed by atoms with Gasteiger partial charge in [0, 0.05) is 6.42 Å². The van der Waals surface area contributed by atoms with E-state index in [2.05, 4.69) is 12.8 Å². The molecule has 0 aliphatic carbocycles. The van der Waals surface area contributed by atoms with Gasteiger partial charge in [-0.15, -0.1) is 12.3 Å². The molecule has 0 saturated heterocycles. The molecule has 0 amide bonds. The molecular formula is C15H18O2. The first kappa shape index (κ1) is 13.3. The molecule has 0 heterocycles. The summed E-state index contributed by atoms with van der Waals surface area (Å²) in [5.74, 6) is 2.28. The Balaban J connectivity index is 2.59. The van der Waals surface area contributed by atoms with Crippen molar-refractivity contribution in [2.75, 3.05) is 6.61 Å². The molecular weight excluding hydrogens is 212 g/mol. The standard InChI is InChI=1S/C15H18O2/c1-3-5-8-12-17-15(16)14-11-7-6-10-13(14)9-4-2/h1,6-7,10-11H,4-5,8-9,12H2,2H3. The van der Waals surface area contributed by atoms with E-state index in [1.807, 2.05) is 24.3 Å². The molecule has 0 saturated carbocycles. The van der Waals surface area contributed by atoms with Gasteiger partial charge in [0.05, 0.1) is 12.2 Å². The van der Waals surface area contributed by atoms with Crippen LogP contribution in [0.3, 0.4) is 0 Å². The summed E-state index contributed by atoms with van der Waals surface area (Å²) in [6.45, 7) is 2.48. The lowest BCUT2D eigenvalue weighted by Gasteiger charge is -2.08. The number of unbranched alkanes of at least 4 members (excludes halogenated alkanes) is 1. The lowest BCUT2D eigenvalue weighted by atomic mass is 10.0. The van der Waals surface area contributed by atoms with Crippen LogP contribution in [0.15, 0.2) is 24.3 Å². The lowest BCUT2D eigenvalue weighted by Crippen LogP contribution is -2.09. The Morgan fingerprint density at radius 2 is 2.18 bits per heavy atom. The van der Waals surface area contributed by atoms with Crippen LogP contribution in [-0.4, -0.2) is 12.6 Å². The first-order valence-electron chi connectivity index (χ1n) is 5.98. The van der Waals surface area contributed by atoms with Crippen molar-refractivity contribution >= 4 is 5.97 Å². The number of ether oxygens (including phenoxy) is 1. The molecule has 0 aliphatic heterocycles. The number of carbonyl (C=O) groups excluding carboxylic acids is 1. The van der Waals surface area contributed by atoms with Gasteiger partial charge in [0.1, 0.15) is 0 Å². The molecule has 2 heteroatoms. The summed E-state index contributed by atoms with van der Waals surface area (Å²) in [5, 5.41) is 0. The van der Waals surface area contributed by atoms with Crippen LogP contribution in [0, 0.1) is 12.3 Å². The summed E-state index contributed by atoms with van der Waals surface area (Å²) in [6, 6.07) is 7.59. The minimum atomic E-state index is -0.244. The molecule has 0 aromatic heterocycles. The van der Waals surface area contributed by atoms with E-state index in [-0.39, 0.29) is 5.97 Å². The van der Waals surface area contributed by atoms with Crippen LogP contribution >= 0.6 is 0 Å². The monoisotopic (exact) mass is 230 g/mol. The van der Waals surface area contributed by atoms with Gasteiger partial charge in [-0.3, -0.25) is 0 Å². The van der Waals surface area contributed by atoms with Crippen LogP contribution in [0.4, 0.5) is 0 Å². The Hall–Kier alpha value is -1.75. The highest BCUT2D eigenvalue weighted by molar-refractivity contribution is 5.91.